The third kappa shape index (κ3) is 2.35. The summed E-state index contributed by atoms with van der Waals surface area (Å²) in [6.07, 6.45) is 1.94. The third-order valence-electron chi connectivity index (χ3n) is 3.71. The largest absolute Gasteiger partial charge is 0.493 e. The Kier molecular flexibility index (Phi) is 3.34. The maximum atomic E-state index is 5.87. The zero-order valence-electron chi connectivity index (χ0n) is 12.0. The van der Waals surface area contributed by atoms with E-state index in [2.05, 4.69) is 42.4 Å². The van der Waals surface area contributed by atoms with Gasteiger partial charge in [0.1, 0.15) is 5.75 Å². The summed E-state index contributed by atoms with van der Waals surface area (Å²) < 4.78 is 7.45. The van der Waals surface area contributed by atoms with Gasteiger partial charge in [0.2, 0.25) is 0 Å². The van der Waals surface area contributed by atoms with Gasteiger partial charge < -0.3 is 10.5 Å². The molecule has 1 aromatic heterocycles. The minimum atomic E-state index is 0.332. The molecule has 1 aliphatic rings. The van der Waals surface area contributed by atoms with Crippen LogP contribution < -0.4 is 10.5 Å². The van der Waals surface area contributed by atoms with E-state index in [1.165, 1.54) is 11.1 Å². The fourth-order valence-corrected chi connectivity index (χ4v) is 2.72. The lowest BCUT2D eigenvalue weighted by Gasteiger charge is -2.10. The number of nitrogens with zero attached hydrogens (tertiary/aromatic N) is 3. The van der Waals surface area contributed by atoms with Crippen molar-refractivity contribution in [2.75, 3.05) is 12.3 Å². The van der Waals surface area contributed by atoms with Crippen molar-refractivity contribution in [2.24, 2.45) is 0 Å². The molecule has 106 valence electrons. The summed E-state index contributed by atoms with van der Waals surface area (Å²) in [6, 6.07) is 6.42. The average Bonchev–Trinajstić information content (AvgIpc) is 3.01. The number of benzene rings is 1. The molecule has 5 nitrogen and oxygen atoms in total. The lowest BCUT2D eigenvalue weighted by Crippen LogP contribution is -2.09. The fraction of sp³-hybridized carbons (Fsp3) is 0.467. The van der Waals surface area contributed by atoms with E-state index in [4.69, 9.17) is 10.5 Å². The maximum absolute atomic E-state index is 5.87. The molecule has 2 aromatic rings. The van der Waals surface area contributed by atoms with Crippen molar-refractivity contribution in [3.63, 3.8) is 0 Å². The third-order valence-corrected chi connectivity index (χ3v) is 3.71. The molecule has 0 fully saturated rings. The molecule has 0 aliphatic carbocycles. The molecule has 0 saturated carbocycles. The predicted octanol–water partition coefficient (Wildman–Crippen LogP) is 2.16. The topological polar surface area (TPSA) is 66.0 Å². The molecule has 0 spiro atoms. The van der Waals surface area contributed by atoms with E-state index < -0.39 is 0 Å². The lowest BCUT2D eigenvalue weighted by molar-refractivity contribution is 0.357. The van der Waals surface area contributed by atoms with Crippen LogP contribution in [0.4, 0.5) is 5.82 Å². The van der Waals surface area contributed by atoms with Gasteiger partial charge in [-0.3, -0.25) is 0 Å². The second-order valence-corrected chi connectivity index (χ2v) is 5.53. The van der Waals surface area contributed by atoms with Crippen molar-refractivity contribution in [3.8, 4) is 5.75 Å². The second-order valence-electron chi connectivity index (χ2n) is 5.53. The molecule has 0 amide bonds. The Morgan fingerprint density at radius 2 is 2.25 bits per heavy atom. The summed E-state index contributed by atoms with van der Waals surface area (Å²) in [5, 5.41) is 8.12. The Morgan fingerprint density at radius 1 is 1.40 bits per heavy atom. The van der Waals surface area contributed by atoms with Crippen LogP contribution in [0.1, 0.15) is 36.6 Å². The minimum absolute atomic E-state index is 0.332. The van der Waals surface area contributed by atoms with Crippen molar-refractivity contribution in [1.29, 1.82) is 0 Å². The Bertz CT molecular complexity index is 618. The van der Waals surface area contributed by atoms with Gasteiger partial charge in [0.15, 0.2) is 5.82 Å². The standard InChI is InChI=1S/C15H20N4O/c1-10(2)14-15(16)17-18-19(14)7-5-11-3-4-13-12(9-11)6-8-20-13/h3-4,9-10H,5-8,16H2,1-2H3. The number of hydrogen-bond donors (Lipinski definition) is 1. The van der Waals surface area contributed by atoms with E-state index in [-0.39, 0.29) is 0 Å². The molecule has 2 N–H and O–H groups in total. The van der Waals surface area contributed by atoms with Crippen molar-refractivity contribution >= 4 is 5.82 Å². The van der Waals surface area contributed by atoms with Gasteiger partial charge in [-0.15, -0.1) is 5.10 Å². The summed E-state index contributed by atoms with van der Waals surface area (Å²) >= 11 is 0. The number of hydrogen-bond acceptors (Lipinski definition) is 4. The first-order valence-electron chi connectivity index (χ1n) is 7.08. The van der Waals surface area contributed by atoms with E-state index in [9.17, 15) is 0 Å². The lowest BCUT2D eigenvalue weighted by atomic mass is 10.1. The van der Waals surface area contributed by atoms with Gasteiger partial charge in [-0.05, 0) is 29.5 Å². The minimum Gasteiger partial charge on any atom is -0.493 e. The number of nitrogen functional groups attached to an aromatic ring is 1. The summed E-state index contributed by atoms with van der Waals surface area (Å²) in [4.78, 5) is 0. The van der Waals surface area contributed by atoms with Crippen LogP contribution in [0.5, 0.6) is 5.75 Å². The second kappa shape index (κ2) is 5.15. The molecule has 5 heteroatoms. The van der Waals surface area contributed by atoms with Gasteiger partial charge in [-0.25, -0.2) is 4.68 Å². The van der Waals surface area contributed by atoms with E-state index in [0.717, 1.165) is 37.4 Å². The highest BCUT2D eigenvalue weighted by Gasteiger charge is 2.15. The monoisotopic (exact) mass is 272 g/mol. The van der Waals surface area contributed by atoms with Gasteiger partial charge in [0.05, 0.1) is 12.3 Å². The normalized spacial score (nSPS) is 13.6. The van der Waals surface area contributed by atoms with Crippen LogP contribution in [0.2, 0.25) is 0 Å². The van der Waals surface area contributed by atoms with Gasteiger partial charge in [0, 0.05) is 13.0 Å². The van der Waals surface area contributed by atoms with Gasteiger partial charge in [-0.1, -0.05) is 31.2 Å². The highest BCUT2D eigenvalue weighted by Crippen LogP contribution is 2.26. The molecule has 3 rings (SSSR count). The number of fused-ring (bicyclic) bond motifs is 1. The van der Waals surface area contributed by atoms with Crippen LogP contribution >= 0.6 is 0 Å². The highest BCUT2D eigenvalue weighted by molar-refractivity contribution is 5.40. The molecule has 0 radical (unpaired) electrons. The molecule has 20 heavy (non-hydrogen) atoms. The van der Waals surface area contributed by atoms with E-state index >= 15 is 0 Å². The van der Waals surface area contributed by atoms with Crippen molar-refractivity contribution in [1.82, 2.24) is 15.0 Å². The van der Waals surface area contributed by atoms with Crippen LogP contribution in [-0.2, 0) is 19.4 Å². The molecule has 1 aromatic carbocycles. The fourth-order valence-electron chi connectivity index (χ4n) is 2.72. The molecule has 0 atom stereocenters. The Hall–Kier alpha value is -2.04. The quantitative estimate of drug-likeness (QED) is 0.926. The number of ether oxygens (including phenoxy) is 1. The van der Waals surface area contributed by atoms with Gasteiger partial charge >= 0.3 is 0 Å². The number of rotatable bonds is 4. The van der Waals surface area contributed by atoms with Crippen LogP contribution in [0, 0.1) is 0 Å². The van der Waals surface area contributed by atoms with Crippen molar-refractivity contribution < 1.29 is 4.74 Å². The SMILES string of the molecule is CC(C)c1c(N)nnn1CCc1ccc2c(c1)CCO2. The number of aromatic nitrogens is 3. The van der Waals surface area contributed by atoms with E-state index in [1.54, 1.807) is 0 Å². The first kappa shape index (κ1) is 13.0. The molecule has 2 heterocycles. The predicted molar refractivity (Wildman–Crippen MR) is 77.9 cm³/mol. The number of anilines is 1. The first-order valence-corrected chi connectivity index (χ1v) is 7.08. The van der Waals surface area contributed by atoms with Gasteiger partial charge in [-0.2, -0.15) is 0 Å². The summed E-state index contributed by atoms with van der Waals surface area (Å²) in [6.45, 7) is 5.82. The Labute approximate surface area is 118 Å². The summed E-state index contributed by atoms with van der Waals surface area (Å²) in [5.74, 6) is 1.90. The smallest absolute Gasteiger partial charge is 0.169 e. The van der Waals surface area contributed by atoms with Gasteiger partial charge in [0.25, 0.3) is 0 Å². The number of nitrogens with two attached hydrogens (primary N) is 1. The maximum Gasteiger partial charge on any atom is 0.169 e. The zero-order chi connectivity index (χ0) is 14.1. The van der Waals surface area contributed by atoms with Crippen LogP contribution in [0.15, 0.2) is 18.2 Å². The number of aryl methyl sites for hydroxylation is 2. The molecular weight excluding hydrogens is 252 g/mol. The van der Waals surface area contributed by atoms with Crippen LogP contribution in [0.25, 0.3) is 0 Å². The van der Waals surface area contributed by atoms with E-state index in [0.29, 0.717) is 11.7 Å². The molecule has 1 aliphatic heterocycles. The van der Waals surface area contributed by atoms with Crippen LogP contribution in [0.3, 0.4) is 0 Å². The molecule has 0 bridgehead atoms. The van der Waals surface area contributed by atoms with Crippen LogP contribution in [-0.4, -0.2) is 21.6 Å². The Balaban J connectivity index is 1.74. The highest BCUT2D eigenvalue weighted by atomic mass is 16.5. The summed E-state index contributed by atoms with van der Waals surface area (Å²) in [5.41, 5.74) is 9.51. The molecule has 0 unspecified atom stereocenters. The van der Waals surface area contributed by atoms with Crippen molar-refractivity contribution in [2.45, 2.75) is 39.2 Å². The summed E-state index contributed by atoms with van der Waals surface area (Å²) in [7, 11) is 0. The first-order chi connectivity index (χ1) is 9.65. The zero-order valence-corrected chi connectivity index (χ0v) is 12.0. The van der Waals surface area contributed by atoms with Crippen molar-refractivity contribution in [3.05, 3.63) is 35.0 Å². The molecule has 0 saturated heterocycles. The van der Waals surface area contributed by atoms with E-state index in [1.807, 2.05) is 4.68 Å². The Morgan fingerprint density at radius 3 is 3.05 bits per heavy atom. The molecular formula is C15H20N4O. The average molecular weight is 272 g/mol.